The van der Waals surface area contributed by atoms with Crippen molar-refractivity contribution in [1.29, 1.82) is 0 Å². The molecule has 3 rings (SSSR count). The molecule has 0 amide bonds. The minimum Gasteiger partial charge on any atom is -0.324 e. The second kappa shape index (κ2) is 5.61. The Morgan fingerprint density at radius 2 is 2.21 bits per heavy atom. The molecule has 1 saturated heterocycles. The van der Waals surface area contributed by atoms with Gasteiger partial charge in [-0.15, -0.1) is 0 Å². The molecule has 0 spiro atoms. The van der Waals surface area contributed by atoms with Crippen LogP contribution in [0.1, 0.15) is 35.6 Å². The van der Waals surface area contributed by atoms with Crippen molar-refractivity contribution in [2.75, 3.05) is 26.7 Å². The molecule has 2 unspecified atom stereocenters. The number of likely N-dealkylation sites (N-methyl/N-ethyl adjacent to an activating group) is 1. The number of hydrogen-bond acceptors (Lipinski definition) is 3. The first kappa shape index (κ1) is 13.1. The molecular weight excluding hydrogens is 234 g/mol. The number of nitrogens with zero attached hydrogens (tertiary/aromatic N) is 1. The Kier molecular flexibility index (Phi) is 3.87. The van der Waals surface area contributed by atoms with Gasteiger partial charge in [0.05, 0.1) is 0 Å². The van der Waals surface area contributed by atoms with Crippen molar-refractivity contribution in [1.82, 2.24) is 10.2 Å². The molecule has 2 atom stereocenters. The van der Waals surface area contributed by atoms with Crippen molar-refractivity contribution >= 4 is 0 Å². The largest absolute Gasteiger partial charge is 0.324 e. The molecule has 0 bridgehead atoms. The maximum atomic E-state index is 6.41. The van der Waals surface area contributed by atoms with E-state index in [4.69, 9.17) is 5.73 Å². The lowest BCUT2D eigenvalue weighted by Crippen LogP contribution is -2.49. The van der Waals surface area contributed by atoms with Crippen molar-refractivity contribution in [3.05, 3.63) is 34.9 Å². The van der Waals surface area contributed by atoms with Crippen molar-refractivity contribution in [2.45, 2.75) is 37.8 Å². The number of nitrogens with one attached hydrogen (secondary N) is 1. The van der Waals surface area contributed by atoms with Crippen LogP contribution < -0.4 is 11.1 Å². The SMILES string of the molecule is CN1CCNC(CC(N)c2ccc3c(c2)CCC3)C1. The molecule has 19 heavy (non-hydrogen) atoms. The minimum absolute atomic E-state index is 0.162. The summed E-state index contributed by atoms with van der Waals surface area (Å²) in [6.07, 6.45) is 4.83. The minimum atomic E-state index is 0.162. The molecule has 3 nitrogen and oxygen atoms in total. The standard InChI is InChI=1S/C16H25N3/c1-19-8-7-18-15(11-19)10-16(17)14-6-5-12-3-2-4-13(12)9-14/h5-6,9,15-16,18H,2-4,7-8,10-11,17H2,1H3. The highest BCUT2D eigenvalue weighted by Crippen LogP contribution is 2.26. The smallest absolute Gasteiger partial charge is 0.0310 e. The lowest BCUT2D eigenvalue weighted by Gasteiger charge is -2.32. The van der Waals surface area contributed by atoms with Crippen molar-refractivity contribution in [3.8, 4) is 0 Å². The monoisotopic (exact) mass is 259 g/mol. The number of rotatable bonds is 3. The van der Waals surface area contributed by atoms with Gasteiger partial charge in [-0.25, -0.2) is 0 Å². The molecule has 1 aromatic carbocycles. The van der Waals surface area contributed by atoms with Crippen LogP contribution in [0.4, 0.5) is 0 Å². The molecule has 1 aliphatic heterocycles. The van der Waals surface area contributed by atoms with Crippen LogP contribution >= 0.6 is 0 Å². The van der Waals surface area contributed by atoms with Gasteiger partial charge in [-0.2, -0.15) is 0 Å². The van der Waals surface area contributed by atoms with E-state index in [1.165, 1.54) is 36.0 Å². The quantitative estimate of drug-likeness (QED) is 0.864. The summed E-state index contributed by atoms with van der Waals surface area (Å²) >= 11 is 0. The summed E-state index contributed by atoms with van der Waals surface area (Å²) in [6.45, 7) is 3.33. The van der Waals surface area contributed by atoms with E-state index in [9.17, 15) is 0 Å². The van der Waals surface area contributed by atoms with Crippen LogP contribution in [-0.4, -0.2) is 37.6 Å². The first-order valence-corrected chi connectivity index (χ1v) is 7.51. The molecule has 0 aromatic heterocycles. The Bertz CT molecular complexity index is 444. The summed E-state index contributed by atoms with van der Waals surface area (Å²) in [4.78, 5) is 2.39. The first-order chi connectivity index (χ1) is 9.22. The second-order valence-electron chi connectivity index (χ2n) is 6.14. The van der Waals surface area contributed by atoms with E-state index in [0.717, 1.165) is 26.1 Å². The maximum Gasteiger partial charge on any atom is 0.0310 e. The van der Waals surface area contributed by atoms with Crippen LogP contribution in [-0.2, 0) is 12.8 Å². The summed E-state index contributed by atoms with van der Waals surface area (Å²) in [5.41, 5.74) is 10.8. The van der Waals surface area contributed by atoms with Gasteiger partial charge in [-0.3, -0.25) is 0 Å². The molecule has 3 heteroatoms. The van der Waals surface area contributed by atoms with E-state index in [1.807, 2.05) is 0 Å². The molecule has 1 fully saturated rings. The van der Waals surface area contributed by atoms with E-state index in [2.05, 4.69) is 35.5 Å². The number of nitrogens with two attached hydrogens (primary N) is 1. The highest BCUT2D eigenvalue weighted by Gasteiger charge is 2.20. The van der Waals surface area contributed by atoms with Gasteiger partial charge in [0.25, 0.3) is 0 Å². The molecular formula is C16H25N3. The third-order valence-corrected chi connectivity index (χ3v) is 4.55. The summed E-state index contributed by atoms with van der Waals surface area (Å²) in [5.74, 6) is 0. The van der Waals surface area contributed by atoms with Gasteiger partial charge in [-0.05, 0) is 49.4 Å². The van der Waals surface area contributed by atoms with E-state index in [0.29, 0.717) is 6.04 Å². The van der Waals surface area contributed by atoms with Gasteiger partial charge >= 0.3 is 0 Å². The summed E-state index contributed by atoms with van der Waals surface area (Å²) in [6, 6.07) is 7.57. The lowest BCUT2D eigenvalue weighted by molar-refractivity contribution is 0.226. The summed E-state index contributed by atoms with van der Waals surface area (Å²) < 4.78 is 0. The van der Waals surface area contributed by atoms with Gasteiger partial charge in [0.15, 0.2) is 0 Å². The van der Waals surface area contributed by atoms with Crippen LogP contribution in [0.15, 0.2) is 18.2 Å². The van der Waals surface area contributed by atoms with Crippen LogP contribution in [0.5, 0.6) is 0 Å². The lowest BCUT2D eigenvalue weighted by atomic mass is 9.96. The second-order valence-corrected chi connectivity index (χ2v) is 6.14. The topological polar surface area (TPSA) is 41.3 Å². The molecule has 1 aliphatic carbocycles. The van der Waals surface area contributed by atoms with Gasteiger partial charge in [-0.1, -0.05) is 18.2 Å². The van der Waals surface area contributed by atoms with Crippen LogP contribution in [0, 0.1) is 0 Å². The van der Waals surface area contributed by atoms with Gasteiger partial charge in [0.1, 0.15) is 0 Å². The average molecular weight is 259 g/mol. The van der Waals surface area contributed by atoms with E-state index in [-0.39, 0.29) is 6.04 Å². The third kappa shape index (κ3) is 2.99. The average Bonchev–Trinajstić information content (AvgIpc) is 2.85. The van der Waals surface area contributed by atoms with Crippen LogP contribution in [0.3, 0.4) is 0 Å². The van der Waals surface area contributed by atoms with Gasteiger partial charge < -0.3 is 16.0 Å². The Morgan fingerprint density at radius 3 is 3.05 bits per heavy atom. The van der Waals surface area contributed by atoms with Crippen molar-refractivity contribution in [3.63, 3.8) is 0 Å². The van der Waals surface area contributed by atoms with Gasteiger partial charge in [0.2, 0.25) is 0 Å². The zero-order valence-electron chi connectivity index (χ0n) is 11.9. The predicted octanol–water partition coefficient (Wildman–Crippen LogP) is 1.47. The Balaban J connectivity index is 1.65. The molecule has 2 aliphatic rings. The molecule has 0 saturated carbocycles. The zero-order valence-corrected chi connectivity index (χ0v) is 11.9. The molecule has 0 radical (unpaired) electrons. The van der Waals surface area contributed by atoms with Crippen molar-refractivity contribution < 1.29 is 0 Å². The predicted molar refractivity (Wildman–Crippen MR) is 79.3 cm³/mol. The fourth-order valence-electron chi connectivity index (χ4n) is 3.41. The van der Waals surface area contributed by atoms with E-state index >= 15 is 0 Å². The number of benzene rings is 1. The highest BCUT2D eigenvalue weighted by atomic mass is 15.2. The number of hydrogen-bond donors (Lipinski definition) is 2. The molecule has 3 N–H and O–H groups in total. The number of fused-ring (bicyclic) bond motifs is 1. The van der Waals surface area contributed by atoms with Crippen LogP contribution in [0.25, 0.3) is 0 Å². The fourth-order valence-corrected chi connectivity index (χ4v) is 3.41. The molecule has 104 valence electrons. The summed E-state index contributed by atoms with van der Waals surface area (Å²) in [5, 5.41) is 3.58. The fraction of sp³-hybridized carbons (Fsp3) is 0.625. The van der Waals surface area contributed by atoms with Crippen molar-refractivity contribution in [2.24, 2.45) is 5.73 Å². The zero-order chi connectivity index (χ0) is 13.2. The Hall–Kier alpha value is -0.900. The van der Waals surface area contributed by atoms with Gasteiger partial charge in [0, 0.05) is 31.7 Å². The molecule has 1 heterocycles. The van der Waals surface area contributed by atoms with E-state index in [1.54, 1.807) is 0 Å². The highest BCUT2D eigenvalue weighted by molar-refractivity contribution is 5.36. The number of piperazine rings is 1. The number of aryl methyl sites for hydroxylation is 2. The van der Waals surface area contributed by atoms with E-state index < -0.39 is 0 Å². The van der Waals surface area contributed by atoms with Crippen LogP contribution in [0.2, 0.25) is 0 Å². The normalized spacial score (nSPS) is 25.3. The third-order valence-electron chi connectivity index (χ3n) is 4.55. The summed E-state index contributed by atoms with van der Waals surface area (Å²) in [7, 11) is 2.19. The first-order valence-electron chi connectivity index (χ1n) is 7.51. The maximum absolute atomic E-state index is 6.41. The Labute approximate surface area is 116 Å². The Morgan fingerprint density at radius 1 is 1.37 bits per heavy atom. The molecule has 1 aromatic rings.